The van der Waals surface area contributed by atoms with Gasteiger partial charge in [0.15, 0.2) is 0 Å². The number of nitrogens with zero attached hydrogens (tertiary/aromatic N) is 1. The summed E-state index contributed by atoms with van der Waals surface area (Å²) in [4.78, 5) is 0. The Kier molecular flexibility index (Phi) is 4.69. The molecule has 0 saturated heterocycles. The Morgan fingerprint density at radius 3 is 2.25 bits per heavy atom. The van der Waals surface area contributed by atoms with E-state index in [-0.39, 0.29) is 6.04 Å². The van der Waals surface area contributed by atoms with Crippen molar-refractivity contribution in [3.05, 3.63) is 51.3 Å². The normalized spacial score (nSPS) is 13.7. The van der Waals surface area contributed by atoms with Crippen LogP contribution in [0.15, 0.2) is 44.4 Å². The van der Waals surface area contributed by atoms with Crippen LogP contribution in [0.25, 0.3) is 0 Å². The second kappa shape index (κ2) is 5.97. The van der Waals surface area contributed by atoms with Crippen LogP contribution < -0.4 is 0 Å². The number of sulfonamides is 1. The highest BCUT2D eigenvalue weighted by Gasteiger charge is 2.27. The van der Waals surface area contributed by atoms with E-state index >= 15 is 0 Å². The minimum Gasteiger partial charge on any atom is -0.206 e. The lowest BCUT2D eigenvalue weighted by atomic mass is 10.1. The van der Waals surface area contributed by atoms with Crippen LogP contribution in [0.4, 0.5) is 0 Å². The summed E-state index contributed by atoms with van der Waals surface area (Å²) in [7, 11) is -1.84. The molecule has 0 radical (unpaired) electrons. The van der Waals surface area contributed by atoms with Crippen LogP contribution in [-0.2, 0) is 10.0 Å². The molecule has 0 aliphatic heterocycles. The van der Waals surface area contributed by atoms with Crippen molar-refractivity contribution in [2.45, 2.75) is 24.1 Å². The van der Waals surface area contributed by atoms with Gasteiger partial charge in [0.2, 0.25) is 0 Å². The Hall–Kier alpha value is -0.690. The highest BCUT2D eigenvalue weighted by molar-refractivity contribution is 9.11. The van der Waals surface area contributed by atoms with Crippen molar-refractivity contribution >= 4 is 37.3 Å². The zero-order valence-electron chi connectivity index (χ0n) is 11.5. The summed E-state index contributed by atoms with van der Waals surface area (Å²) in [5.41, 5.74) is 2.14. The van der Waals surface area contributed by atoms with E-state index in [1.54, 1.807) is 19.2 Å². The van der Waals surface area contributed by atoms with Crippen LogP contribution in [0.1, 0.15) is 24.1 Å². The molecule has 1 heterocycles. The lowest BCUT2D eigenvalue weighted by Gasteiger charge is -2.24. The minimum absolute atomic E-state index is 0.207. The number of rotatable bonds is 4. The van der Waals surface area contributed by atoms with Gasteiger partial charge in [-0.1, -0.05) is 29.8 Å². The van der Waals surface area contributed by atoms with E-state index in [2.05, 4.69) is 15.9 Å². The summed E-state index contributed by atoms with van der Waals surface area (Å²) in [6, 6.07) is 11.1. The number of halogens is 1. The van der Waals surface area contributed by atoms with E-state index in [9.17, 15) is 8.42 Å². The maximum absolute atomic E-state index is 12.5. The second-order valence-corrected chi connectivity index (χ2v) is 9.35. The van der Waals surface area contributed by atoms with E-state index in [4.69, 9.17) is 0 Å². The van der Waals surface area contributed by atoms with Crippen molar-refractivity contribution in [2.75, 3.05) is 7.05 Å². The number of hydrogen-bond donors (Lipinski definition) is 0. The van der Waals surface area contributed by atoms with E-state index in [1.165, 1.54) is 15.6 Å². The van der Waals surface area contributed by atoms with Gasteiger partial charge in [-0.25, -0.2) is 8.42 Å². The Morgan fingerprint density at radius 2 is 1.75 bits per heavy atom. The minimum atomic E-state index is -3.45. The lowest BCUT2D eigenvalue weighted by Crippen LogP contribution is -2.29. The molecule has 1 aromatic heterocycles. The molecule has 1 atom stereocenters. The molecule has 108 valence electrons. The van der Waals surface area contributed by atoms with E-state index < -0.39 is 10.0 Å². The summed E-state index contributed by atoms with van der Waals surface area (Å²) in [6.45, 7) is 3.91. The highest BCUT2D eigenvalue weighted by atomic mass is 79.9. The third-order valence-corrected chi connectivity index (χ3v) is 7.31. The fourth-order valence-corrected chi connectivity index (χ4v) is 5.39. The Morgan fingerprint density at radius 1 is 1.15 bits per heavy atom. The molecule has 3 nitrogen and oxygen atoms in total. The quantitative estimate of drug-likeness (QED) is 0.804. The van der Waals surface area contributed by atoms with Crippen molar-refractivity contribution in [2.24, 2.45) is 0 Å². The number of thiophene rings is 1. The average Bonchev–Trinajstić information content (AvgIpc) is 2.85. The van der Waals surface area contributed by atoms with Crippen molar-refractivity contribution < 1.29 is 8.42 Å². The molecular formula is C14H16BrNO2S2. The van der Waals surface area contributed by atoms with Crippen molar-refractivity contribution in [3.63, 3.8) is 0 Å². The molecule has 2 rings (SSSR count). The molecule has 20 heavy (non-hydrogen) atoms. The largest absolute Gasteiger partial charge is 0.252 e. The molecule has 0 N–H and O–H groups in total. The topological polar surface area (TPSA) is 37.4 Å². The first kappa shape index (κ1) is 15.7. The summed E-state index contributed by atoms with van der Waals surface area (Å²) < 4.78 is 27.7. The molecule has 0 aliphatic rings. The van der Waals surface area contributed by atoms with Gasteiger partial charge in [-0.15, -0.1) is 11.3 Å². The molecule has 0 bridgehead atoms. The van der Waals surface area contributed by atoms with Gasteiger partial charge in [0.25, 0.3) is 10.0 Å². The molecule has 1 aromatic carbocycles. The summed E-state index contributed by atoms with van der Waals surface area (Å²) >= 11 is 4.52. The molecule has 0 aliphatic carbocycles. The SMILES string of the molecule is Cc1ccc(C(C)N(C)S(=O)(=O)c2ccc(Br)s2)cc1. The van der Waals surface area contributed by atoms with E-state index in [0.29, 0.717) is 4.21 Å². The predicted octanol–water partition coefficient (Wildman–Crippen LogP) is 4.20. The van der Waals surface area contributed by atoms with E-state index in [0.717, 1.165) is 14.9 Å². The molecule has 0 saturated carbocycles. The maximum Gasteiger partial charge on any atom is 0.252 e. The number of aryl methyl sites for hydroxylation is 1. The van der Waals surface area contributed by atoms with Gasteiger partial charge in [-0.05, 0) is 47.5 Å². The predicted molar refractivity (Wildman–Crippen MR) is 86.6 cm³/mol. The van der Waals surface area contributed by atoms with Gasteiger partial charge in [-0.2, -0.15) is 4.31 Å². The van der Waals surface area contributed by atoms with Gasteiger partial charge in [0.1, 0.15) is 4.21 Å². The first-order chi connectivity index (χ1) is 9.32. The second-order valence-electron chi connectivity index (χ2n) is 4.67. The highest BCUT2D eigenvalue weighted by Crippen LogP contribution is 2.31. The van der Waals surface area contributed by atoms with Gasteiger partial charge in [-0.3, -0.25) is 0 Å². The van der Waals surface area contributed by atoms with Crippen LogP contribution >= 0.6 is 27.3 Å². The summed E-state index contributed by atoms with van der Waals surface area (Å²) in [5, 5.41) is 0. The molecule has 2 aromatic rings. The van der Waals surface area contributed by atoms with Gasteiger partial charge in [0, 0.05) is 13.1 Å². The van der Waals surface area contributed by atoms with Gasteiger partial charge >= 0.3 is 0 Å². The molecule has 0 spiro atoms. The fraction of sp³-hybridized carbons (Fsp3) is 0.286. The molecule has 6 heteroatoms. The average molecular weight is 374 g/mol. The molecule has 1 unspecified atom stereocenters. The fourth-order valence-electron chi connectivity index (χ4n) is 1.84. The van der Waals surface area contributed by atoms with Gasteiger partial charge < -0.3 is 0 Å². The van der Waals surface area contributed by atoms with E-state index in [1.807, 2.05) is 38.1 Å². The summed E-state index contributed by atoms with van der Waals surface area (Å²) in [5.74, 6) is 0. The van der Waals surface area contributed by atoms with Crippen molar-refractivity contribution in [3.8, 4) is 0 Å². The van der Waals surface area contributed by atoms with Crippen molar-refractivity contribution in [1.82, 2.24) is 4.31 Å². The first-order valence-electron chi connectivity index (χ1n) is 6.12. The van der Waals surface area contributed by atoms with Crippen LogP contribution in [0.5, 0.6) is 0 Å². The monoisotopic (exact) mass is 373 g/mol. The summed E-state index contributed by atoms with van der Waals surface area (Å²) in [6.07, 6.45) is 0. The molecular weight excluding hydrogens is 358 g/mol. The maximum atomic E-state index is 12.5. The third-order valence-electron chi connectivity index (χ3n) is 3.29. The number of benzene rings is 1. The zero-order valence-corrected chi connectivity index (χ0v) is 14.7. The Balaban J connectivity index is 2.30. The lowest BCUT2D eigenvalue weighted by molar-refractivity contribution is 0.399. The zero-order chi connectivity index (χ0) is 14.9. The van der Waals surface area contributed by atoms with Gasteiger partial charge in [0.05, 0.1) is 3.79 Å². The first-order valence-corrected chi connectivity index (χ1v) is 9.17. The molecule has 0 amide bonds. The number of hydrogen-bond acceptors (Lipinski definition) is 3. The Bertz CT molecular complexity index is 692. The van der Waals surface area contributed by atoms with Crippen LogP contribution in [-0.4, -0.2) is 19.8 Å². The standard InChI is InChI=1S/C14H16BrNO2S2/c1-10-4-6-12(7-5-10)11(2)16(3)20(17,18)14-9-8-13(15)19-14/h4-9,11H,1-3H3. The van der Waals surface area contributed by atoms with Crippen LogP contribution in [0.3, 0.4) is 0 Å². The van der Waals surface area contributed by atoms with Crippen molar-refractivity contribution in [1.29, 1.82) is 0 Å². The molecule has 0 fully saturated rings. The van der Waals surface area contributed by atoms with Crippen LogP contribution in [0, 0.1) is 6.92 Å². The Labute approximate surface area is 132 Å². The smallest absolute Gasteiger partial charge is 0.206 e. The van der Waals surface area contributed by atoms with Crippen LogP contribution in [0.2, 0.25) is 0 Å². The third kappa shape index (κ3) is 3.14.